The fourth-order valence-corrected chi connectivity index (χ4v) is 3.73. The highest BCUT2D eigenvalue weighted by Crippen LogP contribution is 2.27. The summed E-state index contributed by atoms with van der Waals surface area (Å²) in [5, 5.41) is 8.67. The standard InChI is InChI=1S/C19H23N5O/c25-19(15-5-1-2-6-15)24-13-11-23(12-14-24)18-9-8-17(21-22-18)16-7-3-4-10-20-16/h3-4,7-10,15H,1-2,5-6,11-14H2. The van der Waals surface area contributed by atoms with Gasteiger partial charge in [-0.1, -0.05) is 18.9 Å². The van der Waals surface area contributed by atoms with Crippen LogP contribution in [-0.2, 0) is 4.79 Å². The molecule has 4 rings (SSSR count). The van der Waals surface area contributed by atoms with E-state index in [-0.39, 0.29) is 5.92 Å². The van der Waals surface area contributed by atoms with Gasteiger partial charge >= 0.3 is 0 Å². The van der Waals surface area contributed by atoms with Gasteiger partial charge in [-0.2, -0.15) is 0 Å². The predicted molar refractivity (Wildman–Crippen MR) is 96.0 cm³/mol. The minimum Gasteiger partial charge on any atom is -0.352 e. The smallest absolute Gasteiger partial charge is 0.225 e. The van der Waals surface area contributed by atoms with E-state index in [1.165, 1.54) is 12.8 Å². The van der Waals surface area contributed by atoms with Gasteiger partial charge in [0.1, 0.15) is 5.69 Å². The Morgan fingerprint density at radius 2 is 1.72 bits per heavy atom. The van der Waals surface area contributed by atoms with Crippen LogP contribution in [0.3, 0.4) is 0 Å². The highest BCUT2D eigenvalue weighted by molar-refractivity contribution is 5.79. The summed E-state index contributed by atoms with van der Waals surface area (Å²) in [6, 6.07) is 9.71. The number of pyridine rings is 1. The first-order valence-electron chi connectivity index (χ1n) is 9.10. The quantitative estimate of drug-likeness (QED) is 0.860. The van der Waals surface area contributed by atoms with Gasteiger partial charge in [-0.05, 0) is 37.1 Å². The van der Waals surface area contributed by atoms with E-state index in [2.05, 4.69) is 20.1 Å². The zero-order valence-corrected chi connectivity index (χ0v) is 14.3. The molecule has 0 unspecified atom stereocenters. The molecule has 3 heterocycles. The SMILES string of the molecule is O=C(C1CCCC1)N1CCN(c2ccc(-c3ccccn3)nn2)CC1. The van der Waals surface area contributed by atoms with E-state index in [1.807, 2.05) is 35.2 Å². The number of anilines is 1. The molecule has 0 aromatic carbocycles. The van der Waals surface area contributed by atoms with Crippen LogP contribution in [0.25, 0.3) is 11.4 Å². The van der Waals surface area contributed by atoms with Gasteiger partial charge in [-0.15, -0.1) is 10.2 Å². The van der Waals surface area contributed by atoms with Crippen LogP contribution in [0.4, 0.5) is 5.82 Å². The predicted octanol–water partition coefficient (Wildman–Crippen LogP) is 2.38. The first-order chi connectivity index (χ1) is 12.3. The van der Waals surface area contributed by atoms with Crippen molar-refractivity contribution in [3.8, 4) is 11.4 Å². The van der Waals surface area contributed by atoms with Gasteiger partial charge in [0.25, 0.3) is 0 Å². The molecule has 0 spiro atoms. The molecule has 2 aromatic heterocycles. The molecule has 2 aliphatic rings. The topological polar surface area (TPSA) is 62.2 Å². The molecule has 1 aliphatic carbocycles. The van der Waals surface area contributed by atoms with Crippen LogP contribution < -0.4 is 4.90 Å². The fourth-order valence-electron chi connectivity index (χ4n) is 3.73. The van der Waals surface area contributed by atoms with Gasteiger partial charge in [0.2, 0.25) is 5.91 Å². The Bertz CT molecular complexity index is 704. The van der Waals surface area contributed by atoms with E-state index in [4.69, 9.17) is 0 Å². The highest BCUT2D eigenvalue weighted by Gasteiger charge is 2.29. The number of hydrogen-bond acceptors (Lipinski definition) is 5. The maximum Gasteiger partial charge on any atom is 0.225 e. The Balaban J connectivity index is 1.37. The van der Waals surface area contributed by atoms with Crippen LogP contribution in [-0.4, -0.2) is 52.2 Å². The van der Waals surface area contributed by atoms with E-state index in [9.17, 15) is 4.79 Å². The maximum atomic E-state index is 12.5. The summed E-state index contributed by atoms with van der Waals surface area (Å²) in [5.74, 6) is 1.49. The third-order valence-corrected chi connectivity index (χ3v) is 5.20. The highest BCUT2D eigenvalue weighted by atomic mass is 16.2. The molecule has 1 aliphatic heterocycles. The number of hydrogen-bond donors (Lipinski definition) is 0. The van der Waals surface area contributed by atoms with Crippen molar-refractivity contribution in [2.75, 3.05) is 31.1 Å². The molecule has 0 N–H and O–H groups in total. The third kappa shape index (κ3) is 3.48. The van der Waals surface area contributed by atoms with E-state index in [0.717, 1.165) is 56.2 Å². The molecule has 1 saturated carbocycles. The molecule has 130 valence electrons. The molecule has 6 heteroatoms. The number of carbonyl (C=O) groups excluding carboxylic acids is 1. The van der Waals surface area contributed by atoms with Crippen LogP contribution >= 0.6 is 0 Å². The molecule has 0 bridgehead atoms. The van der Waals surface area contributed by atoms with E-state index >= 15 is 0 Å². The van der Waals surface area contributed by atoms with Crippen molar-refractivity contribution in [3.63, 3.8) is 0 Å². The summed E-state index contributed by atoms with van der Waals surface area (Å²) in [6.45, 7) is 3.18. The van der Waals surface area contributed by atoms with Gasteiger partial charge in [0.15, 0.2) is 5.82 Å². The van der Waals surface area contributed by atoms with Gasteiger partial charge < -0.3 is 9.80 Å². The molecule has 2 aromatic rings. The molecule has 2 fully saturated rings. The van der Waals surface area contributed by atoms with E-state index in [0.29, 0.717) is 5.91 Å². The Morgan fingerprint density at radius 1 is 0.920 bits per heavy atom. The van der Waals surface area contributed by atoms with E-state index < -0.39 is 0 Å². The number of piperazine rings is 1. The van der Waals surface area contributed by atoms with Crippen LogP contribution in [0.1, 0.15) is 25.7 Å². The molecular weight excluding hydrogens is 314 g/mol. The van der Waals surface area contributed by atoms with Crippen molar-refractivity contribution in [2.24, 2.45) is 5.92 Å². The average molecular weight is 337 g/mol. The summed E-state index contributed by atoms with van der Waals surface area (Å²) in [6.07, 6.45) is 6.30. The second-order valence-corrected chi connectivity index (χ2v) is 6.79. The molecule has 0 radical (unpaired) electrons. The average Bonchev–Trinajstić information content (AvgIpc) is 3.23. The summed E-state index contributed by atoms with van der Waals surface area (Å²) >= 11 is 0. The normalized spacial score (nSPS) is 18.6. The zero-order valence-electron chi connectivity index (χ0n) is 14.3. The molecule has 25 heavy (non-hydrogen) atoms. The van der Waals surface area contributed by atoms with Gasteiger partial charge in [-0.3, -0.25) is 9.78 Å². The fraction of sp³-hybridized carbons (Fsp3) is 0.474. The Kier molecular flexibility index (Phi) is 4.59. The van der Waals surface area contributed by atoms with E-state index in [1.54, 1.807) is 6.20 Å². The molecule has 1 amide bonds. The third-order valence-electron chi connectivity index (χ3n) is 5.20. The summed E-state index contributed by atoms with van der Waals surface area (Å²) in [7, 11) is 0. The number of amides is 1. The first-order valence-corrected chi connectivity index (χ1v) is 9.10. The van der Waals surface area contributed by atoms with Crippen molar-refractivity contribution in [1.82, 2.24) is 20.1 Å². The largest absolute Gasteiger partial charge is 0.352 e. The van der Waals surface area contributed by atoms with Gasteiger partial charge in [0.05, 0.1) is 5.69 Å². The lowest BCUT2D eigenvalue weighted by Gasteiger charge is -2.36. The Labute approximate surface area is 147 Å². The van der Waals surface area contributed by atoms with Crippen LogP contribution in [0.15, 0.2) is 36.5 Å². The lowest BCUT2D eigenvalue weighted by molar-refractivity contribution is -0.135. The van der Waals surface area contributed by atoms with Crippen LogP contribution in [0.2, 0.25) is 0 Å². The molecular formula is C19H23N5O. The van der Waals surface area contributed by atoms with Crippen LogP contribution in [0.5, 0.6) is 0 Å². The number of nitrogens with zero attached hydrogens (tertiary/aromatic N) is 5. The number of carbonyl (C=O) groups is 1. The lowest BCUT2D eigenvalue weighted by atomic mass is 10.1. The van der Waals surface area contributed by atoms with Crippen molar-refractivity contribution in [1.29, 1.82) is 0 Å². The number of rotatable bonds is 3. The zero-order chi connectivity index (χ0) is 17.1. The van der Waals surface area contributed by atoms with Crippen molar-refractivity contribution in [3.05, 3.63) is 36.5 Å². The van der Waals surface area contributed by atoms with Crippen molar-refractivity contribution < 1.29 is 4.79 Å². The first kappa shape index (κ1) is 16.0. The second kappa shape index (κ2) is 7.17. The maximum absolute atomic E-state index is 12.5. The lowest BCUT2D eigenvalue weighted by Crippen LogP contribution is -2.50. The summed E-state index contributed by atoms with van der Waals surface area (Å²) < 4.78 is 0. The second-order valence-electron chi connectivity index (χ2n) is 6.79. The molecule has 0 atom stereocenters. The summed E-state index contributed by atoms with van der Waals surface area (Å²) in [5.41, 5.74) is 1.60. The molecule has 6 nitrogen and oxygen atoms in total. The summed E-state index contributed by atoms with van der Waals surface area (Å²) in [4.78, 5) is 21.0. The molecule has 1 saturated heterocycles. The van der Waals surface area contributed by atoms with Gasteiger partial charge in [0, 0.05) is 38.3 Å². The van der Waals surface area contributed by atoms with Gasteiger partial charge in [-0.25, -0.2) is 0 Å². The van der Waals surface area contributed by atoms with Crippen molar-refractivity contribution >= 4 is 11.7 Å². The number of aromatic nitrogens is 3. The Hall–Kier alpha value is -2.50. The van der Waals surface area contributed by atoms with Crippen LogP contribution in [0, 0.1) is 5.92 Å². The minimum absolute atomic E-state index is 0.268. The Morgan fingerprint density at radius 3 is 2.36 bits per heavy atom. The minimum atomic E-state index is 0.268. The van der Waals surface area contributed by atoms with Crippen molar-refractivity contribution in [2.45, 2.75) is 25.7 Å². The monoisotopic (exact) mass is 337 g/mol.